The van der Waals surface area contributed by atoms with Crippen molar-refractivity contribution in [1.82, 2.24) is 4.98 Å². The van der Waals surface area contributed by atoms with Crippen LogP contribution in [0.15, 0.2) is 18.3 Å². The van der Waals surface area contributed by atoms with Crippen LogP contribution in [0.2, 0.25) is 0 Å². The van der Waals surface area contributed by atoms with Crippen LogP contribution in [0.25, 0.3) is 10.9 Å². The normalized spacial score (nSPS) is 10.9. The Kier molecular flexibility index (Phi) is 1.76. The Morgan fingerprint density at radius 3 is 2.85 bits per heavy atom. The van der Waals surface area contributed by atoms with Crippen LogP contribution in [0.1, 0.15) is 18.1 Å². The maximum absolute atomic E-state index is 9.57. The molecule has 1 heterocycles. The van der Waals surface area contributed by atoms with Gasteiger partial charge in [-0.25, -0.2) is 0 Å². The molecule has 0 fully saturated rings. The summed E-state index contributed by atoms with van der Waals surface area (Å²) in [4.78, 5) is 3.10. The maximum Gasteiger partial charge on any atom is 0.139 e. The number of aromatic nitrogens is 1. The fourth-order valence-corrected chi connectivity index (χ4v) is 1.77. The third kappa shape index (κ3) is 1.10. The highest BCUT2D eigenvalue weighted by Gasteiger charge is 2.07. The smallest absolute Gasteiger partial charge is 0.139 e. The van der Waals surface area contributed by atoms with Gasteiger partial charge in [0, 0.05) is 11.6 Å². The number of nitrogens with one attached hydrogen (secondary N) is 1. The topological polar surface area (TPSA) is 36.0 Å². The number of hydrogen-bond acceptors (Lipinski definition) is 1. The fourth-order valence-electron chi connectivity index (χ4n) is 1.77. The summed E-state index contributed by atoms with van der Waals surface area (Å²) in [6.07, 6.45) is 2.96. The van der Waals surface area contributed by atoms with Crippen LogP contribution in [0, 0.1) is 6.92 Å². The van der Waals surface area contributed by atoms with E-state index in [-0.39, 0.29) is 0 Å². The van der Waals surface area contributed by atoms with E-state index in [1.165, 1.54) is 16.5 Å². The van der Waals surface area contributed by atoms with Crippen molar-refractivity contribution in [3.63, 3.8) is 0 Å². The summed E-state index contributed by atoms with van der Waals surface area (Å²) in [5.41, 5.74) is 3.34. The van der Waals surface area contributed by atoms with Crippen molar-refractivity contribution >= 4 is 10.9 Å². The molecule has 0 bridgehead atoms. The Bertz CT molecular complexity index is 443. The standard InChI is InChI=1S/C11H13NO/c1-3-8-6-12-11-9(13)5-4-7(2)10(8)11/h4-6,12-13H,3H2,1-2H3. The van der Waals surface area contributed by atoms with Crippen LogP contribution in [0.4, 0.5) is 0 Å². The highest BCUT2D eigenvalue weighted by Crippen LogP contribution is 2.29. The minimum absolute atomic E-state index is 0.334. The molecule has 68 valence electrons. The van der Waals surface area contributed by atoms with Crippen molar-refractivity contribution < 1.29 is 5.11 Å². The Hall–Kier alpha value is -1.44. The predicted molar refractivity (Wildman–Crippen MR) is 54.1 cm³/mol. The summed E-state index contributed by atoms with van der Waals surface area (Å²) >= 11 is 0. The quantitative estimate of drug-likeness (QED) is 0.686. The van der Waals surface area contributed by atoms with Crippen LogP contribution < -0.4 is 0 Å². The fraction of sp³-hybridized carbons (Fsp3) is 0.273. The lowest BCUT2D eigenvalue weighted by Crippen LogP contribution is -1.80. The third-order valence-corrected chi connectivity index (χ3v) is 2.48. The second kappa shape index (κ2) is 2.80. The Labute approximate surface area is 77.2 Å². The van der Waals surface area contributed by atoms with Gasteiger partial charge in [0.1, 0.15) is 5.75 Å². The zero-order chi connectivity index (χ0) is 9.42. The van der Waals surface area contributed by atoms with Crippen LogP contribution in [0.3, 0.4) is 0 Å². The zero-order valence-electron chi connectivity index (χ0n) is 7.89. The van der Waals surface area contributed by atoms with Crippen molar-refractivity contribution in [2.45, 2.75) is 20.3 Å². The third-order valence-electron chi connectivity index (χ3n) is 2.48. The highest BCUT2D eigenvalue weighted by atomic mass is 16.3. The zero-order valence-corrected chi connectivity index (χ0v) is 7.89. The van der Waals surface area contributed by atoms with Gasteiger partial charge in [0.25, 0.3) is 0 Å². The van der Waals surface area contributed by atoms with E-state index in [1.807, 2.05) is 12.3 Å². The first-order valence-electron chi connectivity index (χ1n) is 4.52. The molecule has 0 amide bonds. The molecule has 2 N–H and O–H groups in total. The number of rotatable bonds is 1. The molecule has 0 saturated carbocycles. The Morgan fingerprint density at radius 1 is 1.38 bits per heavy atom. The average molecular weight is 175 g/mol. The molecule has 0 aliphatic rings. The number of phenolic OH excluding ortho intramolecular Hbond substituents is 1. The van der Waals surface area contributed by atoms with Crippen LogP contribution >= 0.6 is 0 Å². The van der Waals surface area contributed by atoms with Gasteiger partial charge in [-0.1, -0.05) is 13.0 Å². The second-order valence-electron chi connectivity index (χ2n) is 3.32. The molecule has 2 heteroatoms. The minimum Gasteiger partial charge on any atom is -0.506 e. The number of aromatic hydroxyl groups is 1. The number of aryl methyl sites for hydroxylation is 2. The lowest BCUT2D eigenvalue weighted by atomic mass is 10.1. The minimum atomic E-state index is 0.334. The summed E-state index contributed by atoms with van der Waals surface area (Å²) in [6, 6.07) is 3.68. The molecule has 1 aromatic heterocycles. The SMILES string of the molecule is CCc1c[nH]c2c(O)ccc(C)c12. The van der Waals surface area contributed by atoms with Crippen molar-refractivity contribution in [2.75, 3.05) is 0 Å². The average Bonchev–Trinajstić information content (AvgIpc) is 2.56. The Balaban J connectivity index is 2.87. The molecule has 2 aromatic rings. The van der Waals surface area contributed by atoms with Gasteiger partial charge in [-0.15, -0.1) is 0 Å². The maximum atomic E-state index is 9.57. The van der Waals surface area contributed by atoms with Crippen molar-refractivity contribution in [2.24, 2.45) is 0 Å². The summed E-state index contributed by atoms with van der Waals surface area (Å²) in [7, 11) is 0. The summed E-state index contributed by atoms with van der Waals surface area (Å²) < 4.78 is 0. The van der Waals surface area contributed by atoms with Crippen molar-refractivity contribution in [1.29, 1.82) is 0 Å². The van der Waals surface area contributed by atoms with Gasteiger partial charge in [-0.3, -0.25) is 0 Å². The molecule has 13 heavy (non-hydrogen) atoms. The van der Waals surface area contributed by atoms with E-state index in [4.69, 9.17) is 0 Å². The lowest BCUT2D eigenvalue weighted by Gasteiger charge is -2.00. The molecular weight excluding hydrogens is 162 g/mol. The van der Waals surface area contributed by atoms with E-state index in [1.54, 1.807) is 6.07 Å². The van der Waals surface area contributed by atoms with Crippen LogP contribution in [-0.2, 0) is 6.42 Å². The monoisotopic (exact) mass is 175 g/mol. The number of hydrogen-bond donors (Lipinski definition) is 2. The molecule has 0 radical (unpaired) electrons. The highest BCUT2D eigenvalue weighted by molar-refractivity contribution is 5.90. The van der Waals surface area contributed by atoms with Crippen LogP contribution in [0.5, 0.6) is 5.75 Å². The van der Waals surface area contributed by atoms with E-state index < -0.39 is 0 Å². The van der Waals surface area contributed by atoms with Crippen LogP contribution in [-0.4, -0.2) is 10.1 Å². The van der Waals surface area contributed by atoms with Gasteiger partial charge < -0.3 is 10.1 Å². The molecule has 2 rings (SSSR count). The molecule has 0 saturated heterocycles. The van der Waals surface area contributed by atoms with E-state index >= 15 is 0 Å². The second-order valence-corrected chi connectivity index (χ2v) is 3.32. The summed E-state index contributed by atoms with van der Waals surface area (Å²) in [5.74, 6) is 0.334. The number of H-pyrrole nitrogens is 1. The molecule has 0 unspecified atom stereocenters. The van der Waals surface area contributed by atoms with Crippen molar-refractivity contribution in [3.8, 4) is 5.75 Å². The molecule has 0 aliphatic heterocycles. The molecule has 0 spiro atoms. The molecule has 1 aromatic carbocycles. The van der Waals surface area contributed by atoms with Gasteiger partial charge in [0.05, 0.1) is 5.52 Å². The molecule has 2 nitrogen and oxygen atoms in total. The number of benzene rings is 1. The van der Waals surface area contributed by atoms with Gasteiger partial charge in [-0.05, 0) is 30.5 Å². The Morgan fingerprint density at radius 2 is 2.15 bits per heavy atom. The van der Waals surface area contributed by atoms with Gasteiger partial charge in [0.15, 0.2) is 0 Å². The number of fused-ring (bicyclic) bond motifs is 1. The number of phenols is 1. The predicted octanol–water partition coefficient (Wildman–Crippen LogP) is 2.74. The number of aromatic amines is 1. The van der Waals surface area contributed by atoms with E-state index in [9.17, 15) is 5.11 Å². The lowest BCUT2D eigenvalue weighted by molar-refractivity contribution is 0.480. The van der Waals surface area contributed by atoms with E-state index in [0.717, 1.165) is 11.9 Å². The van der Waals surface area contributed by atoms with Crippen molar-refractivity contribution in [3.05, 3.63) is 29.5 Å². The van der Waals surface area contributed by atoms with Gasteiger partial charge >= 0.3 is 0 Å². The summed E-state index contributed by atoms with van der Waals surface area (Å²) in [5, 5.41) is 10.7. The molecular formula is C11H13NO. The van der Waals surface area contributed by atoms with E-state index in [2.05, 4.69) is 18.8 Å². The molecule has 0 aliphatic carbocycles. The first kappa shape index (κ1) is 8.17. The first-order chi connectivity index (χ1) is 6.24. The first-order valence-corrected chi connectivity index (χ1v) is 4.52. The molecule has 0 atom stereocenters. The van der Waals surface area contributed by atoms with Gasteiger partial charge in [0.2, 0.25) is 0 Å². The van der Waals surface area contributed by atoms with E-state index in [0.29, 0.717) is 5.75 Å². The van der Waals surface area contributed by atoms with Gasteiger partial charge in [-0.2, -0.15) is 0 Å². The largest absolute Gasteiger partial charge is 0.506 e. The summed E-state index contributed by atoms with van der Waals surface area (Å²) in [6.45, 7) is 4.18.